The van der Waals surface area contributed by atoms with Gasteiger partial charge in [0.15, 0.2) is 0 Å². The van der Waals surface area contributed by atoms with Crippen LogP contribution < -0.4 is 16.2 Å². The fourth-order valence-electron chi connectivity index (χ4n) is 2.16. The molecule has 22 heavy (non-hydrogen) atoms. The first kappa shape index (κ1) is 15.8. The van der Waals surface area contributed by atoms with Crippen molar-refractivity contribution in [3.05, 3.63) is 64.6 Å². The first-order chi connectivity index (χ1) is 10.7. The summed E-state index contributed by atoms with van der Waals surface area (Å²) in [6.07, 6.45) is 3.32. The van der Waals surface area contributed by atoms with E-state index in [1.807, 2.05) is 37.3 Å². The van der Waals surface area contributed by atoms with Crippen LogP contribution in [0.15, 0.2) is 53.5 Å². The largest absolute Gasteiger partial charge is 0.338 e. The number of nitrogens with one attached hydrogen (secondary N) is 2. The minimum atomic E-state index is -0.266. The number of rotatable bonds is 6. The van der Waals surface area contributed by atoms with Crippen LogP contribution in [0.3, 0.4) is 0 Å². The van der Waals surface area contributed by atoms with E-state index in [4.69, 9.17) is 0 Å². The minimum absolute atomic E-state index is 0.0584. The summed E-state index contributed by atoms with van der Waals surface area (Å²) in [5.41, 5.74) is 1.74. The highest BCUT2D eigenvalue weighted by Crippen LogP contribution is 2.04. The number of urea groups is 1. The van der Waals surface area contributed by atoms with Crippen molar-refractivity contribution < 1.29 is 4.79 Å². The smallest absolute Gasteiger partial charge is 0.319 e. The van der Waals surface area contributed by atoms with Crippen LogP contribution in [0.1, 0.15) is 18.9 Å². The molecule has 0 bridgehead atoms. The van der Waals surface area contributed by atoms with Crippen molar-refractivity contribution in [2.24, 2.45) is 0 Å². The summed E-state index contributed by atoms with van der Waals surface area (Å²) in [6.45, 7) is 3.21. The maximum atomic E-state index is 11.8. The van der Waals surface area contributed by atoms with E-state index in [1.165, 1.54) is 11.6 Å². The Kier molecular flexibility index (Phi) is 5.77. The van der Waals surface area contributed by atoms with Gasteiger partial charge in [-0.15, -0.1) is 0 Å². The zero-order valence-electron chi connectivity index (χ0n) is 12.7. The normalized spacial score (nSPS) is 10.2. The Hall–Kier alpha value is -2.56. The molecule has 0 spiro atoms. The molecule has 0 aliphatic carbocycles. The Morgan fingerprint density at radius 3 is 2.64 bits per heavy atom. The average molecular weight is 299 g/mol. The number of anilines is 1. The second-order valence-electron chi connectivity index (χ2n) is 5.07. The van der Waals surface area contributed by atoms with Crippen molar-refractivity contribution in [1.82, 2.24) is 9.88 Å². The zero-order valence-corrected chi connectivity index (χ0v) is 12.7. The van der Waals surface area contributed by atoms with Crippen LogP contribution >= 0.6 is 0 Å². The summed E-state index contributed by atoms with van der Waals surface area (Å²) in [4.78, 5) is 23.5. The summed E-state index contributed by atoms with van der Waals surface area (Å²) < 4.78 is 1.60. The van der Waals surface area contributed by atoms with Gasteiger partial charge in [-0.05, 0) is 24.5 Å². The van der Waals surface area contributed by atoms with E-state index in [2.05, 4.69) is 10.6 Å². The number of hydrogen-bond acceptors (Lipinski definition) is 2. The third-order valence-electron chi connectivity index (χ3n) is 3.25. The molecule has 1 aromatic heterocycles. The van der Waals surface area contributed by atoms with Crippen LogP contribution in [-0.4, -0.2) is 17.1 Å². The number of benzene rings is 1. The molecule has 1 heterocycles. The summed E-state index contributed by atoms with van der Waals surface area (Å²) in [6, 6.07) is 12.8. The van der Waals surface area contributed by atoms with Gasteiger partial charge in [-0.25, -0.2) is 4.79 Å². The third-order valence-corrected chi connectivity index (χ3v) is 3.25. The van der Waals surface area contributed by atoms with Gasteiger partial charge >= 0.3 is 6.03 Å². The van der Waals surface area contributed by atoms with E-state index >= 15 is 0 Å². The number of nitrogens with zero attached hydrogens (tertiary/aromatic N) is 1. The van der Waals surface area contributed by atoms with Crippen molar-refractivity contribution in [3.63, 3.8) is 0 Å². The van der Waals surface area contributed by atoms with Crippen LogP contribution in [0.25, 0.3) is 0 Å². The van der Waals surface area contributed by atoms with E-state index in [-0.39, 0.29) is 11.6 Å². The lowest BCUT2D eigenvalue weighted by Crippen LogP contribution is -2.31. The van der Waals surface area contributed by atoms with Crippen LogP contribution in [0, 0.1) is 0 Å². The van der Waals surface area contributed by atoms with Crippen LogP contribution in [-0.2, 0) is 13.0 Å². The molecule has 1 aromatic carbocycles. The van der Waals surface area contributed by atoms with Crippen molar-refractivity contribution in [1.29, 1.82) is 0 Å². The molecule has 0 saturated heterocycles. The molecule has 2 amide bonds. The van der Waals surface area contributed by atoms with Gasteiger partial charge in [0.2, 0.25) is 0 Å². The third kappa shape index (κ3) is 4.77. The average Bonchev–Trinajstić information content (AvgIpc) is 2.52. The Morgan fingerprint density at radius 2 is 1.91 bits per heavy atom. The molecule has 116 valence electrons. The second-order valence-corrected chi connectivity index (χ2v) is 5.07. The van der Waals surface area contributed by atoms with E-state index in [9.17, 15) is 9.59 Å². The number of amides is 2. The first-order valence-electron chi connectivity index (χ1n) is 7.48. The Balaban J connectivity index is 1.84. The molecule has 0 unspecified atom stereocenters. The first-order valence-corrected chi connectivity index (χ1v) is 7.48. The molecule has 0 saturated carbocycles. The van der Waals surface area contributed by atoms with E-state index in [1.54, 1.807) is 16.8 Å². The SMILES string of the molecule is CCCn1cc(NC(=O)NCCc2ccccc2)ccc1=O. The quantitative estimate of drug-likeness (QED) is 0.861. The molecule has 0 radical (unpaired) electrons. The predicted molar refractivity (Wildman–Crippen MR) is 88.2 cm³/mol. The molecule has 0 atom stereocenters. The van der Waals surface area contributed by atoms with E-state index < -0.39 is 0 Å². The van der Waals surface area contributed by atoms with Crippen molar-refractivity contribution in [2.75, 3.05) is 11.9 Å². The van der Waals surface area contributed by atoms with Crippen LogP contribution in [0.4, 0.5) is 10.5 Å². The summed E-state index contributed by atoms with van der Waals surface area (Å²) >= 11 is 0. The topological polar surface area (TPSA) is 63.1 Å². The highest BCUT2D eigenvalue weighted by atomic mass is 16.2. The summed E-state index contributed by atoms with van der Waals surface area (Å²) in [5, 5.41) is 5.55. The Morgan fingerprint density at radius 1 is 1.14 bits per heavy atom. The van der Waals surface area contributed by atoms with Gasteiger partial charge in [-0.2, -0.15) is 0 Å². The van der Waals surface area contributed by atoms with Gasteiger partial charge in [-0.3, -0.25) is 4.79 Å². The number of carbonyl (C=O) groups is 1. The summed E-state index contributed by atoms with van der Waals surface area (Å²) in [7, 11) is 0. The van der Waals surface area contributed by atoms with Gasteiger partial charge < -0.3 is 15.2 Å². The van der Waals surface area contributed by atoms with E-state index in [0.29, 0.717) is 18.8 Å². The van der Waals surface area contributed by atoms with Crippen LogP contribution in [0.2, 0.25) is 0 Å². The minimum Gasteiger partial charge on any atom is -0.338 e. The van der Waals surface area contributed by atoms with Gasteiger partial charge in [-0.1, -0.05) is 37.3 Å². The number of aromatic nitrogens is 1. The standard InChI is InChI=1S/C17H21N3O2/c1-2-12-20-13-15(8-9-16(20)21)19-17(22)18-11-10-14-6-4-3-5-7-14/h3-9,13H,2,10-12H2,1H3,(H2,18,19,22). The highest BCUT2D eigenvalue weighted by Gasteiger charge is 2.03. The fourth-order valence-corrected chi connectivity index (χ4v) is 2.16. The van der Waals surface area contributed by atoms with Gasteiger partial charge in [0.05, 0.1) is 5.69 Å². The van der Waals surface area contributed by atoms with Crippen molar-refractivity contribution in [2.45, 2.75) is 26.3 Å². The fraction of sp³-hybridized carbons (Fsp3) is 0.294. The molecular formula is C17H21N3O2. The lowest BCUT2D eigenvalue weighted by atomic mass is 10.1. The lowest BCUT2D eigenvalue weighted by Gasteiger charge is -2.10. The molecule has 0 fully saturated rings. The lowest BCUT2D eigenvalue weighted by molar-refractivity contribution is 0.252. The van der Waals surface area contributed by atoms with Gasteiger partial charge in [0.1, 0.15) is 0 Å². The monoisotopic (exact) mass is 299 g/mol. The molecule has 2 N–H and O–H groups in total. The number of carbonyl (C=O) groups excluding carboxylic acids is 1. The van der Waals surface area contributed by atoms with Gasteiger partial charge in [0, 0.05) is 25.4 Å². The number of aryl methyl sites for hydroxylation is 1. The van der Waals surface area contributed by atoms with Crippen LogP contribution in [0.5, 0.6) is 0 Å². The number of pyridine rings is 1. The second kappa shape index (κ2) is 8.02. The maximum Gasteiger partial charge on any atom is 0.319 e. The molecule has 2 rings (SSSR count). The molecule has 2 aromatic rings. The highest BCUT2D eigenvalue weighted by molar-refractivity contribution is 5.88. The summed E-state index contributed by atoms with van der Waals surface area (Å²) in [5.74, 6) is 0. The van der Waals surface area contributed by atoms with Gasteiger partial charge in [0.25, 0.3) is 5.56 Å². The molecular weight excluding hydrogens is 278 g/mol. The zero-order chi connectivity index (χ0) is 15.8. The molecule has 0 aliphatic heterocycles. The Labute approximate surface area is 130 Å². The predicted octanol–water partition coefficient (Wildman–Crippen LogP) is 2.62. The molecule has 0 aliphatic rings. The van der Waals surface area contributed by atoms with Crippen molar-refractivity contribution >= 4 is 11.7 Å². The van der Waals surface area contributed by atoms with Crippen molar-refractivity contribution in [3.8, 4) is 0 Å². The van der Waals surface area contributed by atoms with E-state index in [0.717, 1.165) is 12.8 Å². The Bertz CT molecular complexity index is 665. The molecule has 5 heteroatoms. The maximum absolute atomic E-state index is 11.8. The number of hydrogen-bond donors (Lipinski definition) is 2. The molecule has 5 nitrogen and oxygen atoms in total.